The molecule has 2 N–H and O–H groups in total. The van der Waals surface area contributed by atoms with E-state index in [4.69, 9.17) is 0 Å². The van der Waals surface area contributed by atoms with Gasteiger partial charge in [-0.3, -0.25) is 0 Å². The van der Waals surface area contributed by atoms with Crippen LogP contribution in [0.1, 0.15) is 36.9 Å². The van der Waals surface area contributed by atoms with E-state index in [9.17, 15) is 18.0 Å². The zero-order chi connectivity index (χ0) is 19.7. The Morgan fingerprint density at radius 3 is 2.33 bits per heavy atom. The minimum Gasteiger partial charge on any atom is -0.484 e. The number of carbonyl (C=O) groups is 1. The Balaban J connectivity index is 1.83. The van der Waals surface area contributed by atoms with E-state index in [1.807, 2.05) is 30.3 Å². The molecular formula is C20H23F3N2O2. The molecule has 0 spiro atoms. The highest BCUT2D eigenvalue weighted by molar-refractivity contribution is 5.74. The van der Waals surface area contributed by atoms with Gasteiger partial charge in [0.2, 0.25) is 0 Å². The molecular weight excluding hydrogens is 357 g/mol. The van der Waals surface area contributed by atoms with Crippen LogP contribution in [0.5, 0.6) is 5.75 Å². The lowest BCUT2D eigenvalue weighted by Gasteiger charge is -2.19. The molecule has 0 aromatic heterocycles. The lowest BCUT2D eigenvalue weighted by molar-refractivity contribution is -0.153. The van der Waals surface area contributed by atoms with Crippen molar-refractivity contribution >= 4 is 6.03 Å². The van der Waals surface area contributed by atoms with E-state index in [1.165, 1.54) is 12.1 Å². The first-order valence-electron chi connectivity index (χ1n) is 8.75. The number of ether oxygens (including phenoxy) is 1. The number of urea groups is 1. The summed E-state index contributed by atoms with van der Waals surface area (Å²) in [4.78, 5) is 12.2. The number of benzene rings is 2. The minimum atomic E-state index is -4.37. The van der Waals surface area contributed by atoms with Crippen LogP contribution in [0.25, 0.3) is 0 Å². The van der Waals surface area contributed by atoms with Gasteiger partial charge in [0.1, 0.15) is 5.75 Å². The molecule has 0 heterocycles. The van der Waals surface area contributed by atoms with Gasteiger partial charge in [0, 0.05) is 6.54 Å². The van der Waals surface area contributed by atoms with Crippen LogP contribution in [0.15, 0.2) is 54.6 Å². The average Bonchev–Trinajstić information content (AvgIpc) is 2.65. The van der Waals surface area contributed by atoms with Gasteiger partial charge in [-0.15, -0.1) is 0 Å². The summed E-state index contributed by atoms with van der Waals surface area (Å²) >= 11 is 0. The van der Waals surface area contributed by atoms with Crippen molar-refractivity contribution in [3.63, 3.8) is 0 Å². The molecule has 2 aromatic carbocycles. The van der Waals surface area contributed by atoms with Crippen LogP contribution in [0.3, 0.4) is 0 Å². The van der Waals surface area contributed by atoms with E-state index in [-0.39, 0.29) is 24.4 Å². The summed E-state index contributed by atoms with van der Waals surface area (Å²) in [6.45, 7) is 0.988. The van der Waals surface area contributed by atoms with Crippen molar-refractivity contribution in [3.05, 3.63) is 65.7 Å². The van der Waals surface area contributed by atoms with E-state index in [2.05, 4.69) is 22.3 Å². The van der Waals surface area contributed by atoms with Crippen molar-refractivity contribution < 1.29 is 22.7 Å². The highest BCUT2D eigenvalue weighted by Crippen LogP contribution is 2.19. The largest absolute Gasteiger partial charge is 0.484 e. The minimum absolute atomic E-state index is 0.0747. The van der Waals surface area contributed by atoms with Crippen molar-refractivity contribution in [1.29, 1.82) is 0 Å². The van der Waals surface area contributed by atoms with E-state index in [1.54, 1.807) is 12.1 Å². The Morgan fingerprint density at radius 2 is 1.74 bits per heavy atom. The molecule has 2 rings (SSSR count). The first-order chi connectivity index (χ1) is 12.9. The second-order valence-corrected chi connectivity index (χ2v) is 6.13. The smallest absolute Gasteiger partial charge is 0.422 e. The summed E-state index contributed by atoms with van der Waals surface area (Å²) in [6.07, 6.45) is -2.62. The Morgan fingerprint density at radius 1 is 1.07 bits per heavy atom. The maximum Gasteiger partial charge on any atom is 0.422 e. The molecule has 0 bridgehead atoms. The molecule has 0 aliphatic rings. The third-order valence-corrected chi connectivity index (χ3v) is 3.86. The predicted molar refractivity (Wildman–Crippen MR) is 97.5 cm³/mol. The highest BCUT2D eigenvalue weighted by atomic mass is 19.4. The third-order valence-electron chi connectivity index (χ3n) is 3.86. The van der Waals surface area contributed by atoms with Crippen LogP contribution in [0, 0.1) is 0 Å². The number of hydrogen-bond donors (Lipinski definition) is 2. The fourth-order valence-corrected chi connectivity index (χ4v) is 2.56. The number of alkyl halides is 3. The van der Waals surface area contributed by atoms with Gasteiger partial charge >= 0.3 is 12.2 Å². The summed E-state index contributed by atoms with van der Waals surface area (Å²) in [5.41, 5.74) is 1.80. The van der Waals surface area contributed by atoms with Gasteiger partial charge in [0.05, 0.1) is 6.04 Å². The fraction of sp³-hybridized carbons (Fsp3) is 0.350. The molecule has 0 aliphatic carbocycles. The fourth-order valence-electron chi connectivity index (χ4n) is 2.56. The lowest BCUT2D eigenvalue weighted by atomic mass is 10.0. The summed E-state index contributed by atoms with van der Waals surface area (Å²) < 4.78 is 41.1. The van der Waals surface area contributed by atoms with Crippen LogP contribution in [0.2, 0.25) is 0 Å². The zero-order valence-electron chi connectivity index (χ0n) is 15.1. The molecule has 0 aliphatic heterocycles. The predicted octanol–water partition coefficient (Wildman–Crippen LogP) is 4.97. The maximum atomic E-state index is 12.2. The van der Waals surface area contributed by atoms with Crippen LogP contribution >= 0.6 is 0 Å². The van der Waals surface area contributed by atoms with E-state index in [0.29, 0.717) is 0 Å². The number of rotatable bonds is 8. The van der Waals surface area contributed by atoms with E-state index < -0.39 is 12.8 Å². The Hall–Kier alpha value is -2.70. The van der Waals surface area contributed by atoms with Crippen molar-refractivity contribution in [3.8, 4) is 5.75 Å². The summed E-state index contributed by atoms with van der Waals surface area (Å²) in [6, 6.07) is 15.5. The molecule has 1 atom stereocenters. The van der Waals surface area contributed by atoms with Crippen molar-refractivity contribution in [2.75, 3.05) is 6.61 Å². The number of carbonyl (C=O) groups excluding carboxylic acids is 1. The second kappa shape index (κ2) is 9.85. The van der Waals surface area contributed by atoms with Gasteiger partial charge < -0.3 is 15.4 Å². The number of amides is 2. The van der Waals surface area contributed by atoms with Crippen molar-refractivity contribution in [2.45, 2.75) is 38.5 Å². The van der Waals surface area contributed by atoms with Crippen molar-refractivity contribution in [1.82, 2.24) is 10.6 Å². The monoisotopic (exact) mass is 380 g/mol. The van der Waals surface area contributed by atoms with Gasteiger partial charge in [0.25, 0.3) is 0 Å². The first kappa shape index (κ1) is 20.6. The molecule has 4 nitrogen and oxygen atoms in total. The first-order valence-corrected chi connectivity index (χ1v) is 8.75. The van der Waals surface area contributed by atoms with Gasteiger partial charge in [0.15, 0.2) is 6.61 Å². The maximum absolute atomic E-state index is 12.2. The molecule has 0 fully saturated rings. The van der Waals surface area contributed by atoms with Crippen molar-refractivity contribution in [2.24, 2.45) is 0 Å². The van der Waals surface area contributed by atoms with Gasteiger partial charge in [-0.1, -0.05) is 55.8 Å². The van der Waals surface area contributed by atoms with Gasteiger partial charge in [-0.25, -0.2) is 4.79 Å². The normalized spacial score (nSPS) is 12.3. The topological polar surface area (TPSA) is 50.4 Å². The van der Waals surface area contributed by atoms with Gasteiger partial charge in [-0.2, -0.15) is 13.2 Å². The second-order valence-electron chi connectivity index (χ2n) is 6.13. The number of nitrogens with one attached hydrogen (secondary N) is 2. The number of hydrogen-bond acceptors (Lipinski definition) is 2. The molecule has 0 saturated carbocycles. The van der Waals surface area contributed by atoms with Gasteiger partial charge in [-0.05, 0) is 29.7 Å². The highest BCUT2D eigenvalue weighted by Gasteiger charge is 2.28. The summed E-state index contributed by atoms with van der Waals surface area (Å²) in [5, 5.41) is 5.72. The number of halogens is 3. The summed E-state index contributed by atoms with van der Waals surface area (Å²) in [5.74, 6) is 0.132. The zero-order valence-corrected chi connectivity index (χ0v) is 15.1. The standard InChI is InChI=1S/C20H23F3N2O2/c1-2-6-18(16-7-4-3-5-8-16)25-19(26)24-13-15-9-11-17(12-10-15)27-14-20(21,22)23/h3-5,7-12,18H,2,6,13-14H2,1H3,(H2,24,25,26). The molecule has 1 unspecified atom stereocenters. The van der Waals surface area contributed by atoms with Crippen LogP contribution in [-0.4, -0.2) is 18.8 Å². The molecule has 0 radical (unpaired) electrons. The quantitative estimate of drug-likeness (QED) is 0.679. The molecule has 146 valence electrons. The van der Waals surface area contributed by atoms with Crippen LogP contribution in [0.4, 0.5) is 18.0 Å². The SMILES string of the molecule is CCCC(NC(=O)NCc1ccc(OCC(F)(F)F)cc1)c1ccccc1. The molecule has 2 amide bonds. The van der Waals surface area contributed by atoms with E-state index >= 15 is 0 Å². The summed E-state index contributed by atoms with van der Waals surface area (Å²) in [7, 11) is 0. The van der Waals surface area contributed by atoms with Crippen LogP contribution < -0.4 is 15.4 Å². The Labute approximate surface area is 156 Å². The van der Waals surface area contributed by atoms with E-state index in [0.717, 1.165) is 24.0 Å². The third kappa shape index (κ3) is 7.60. The molecule has 2 aromatic rings. The molecule has 7 heteroatoms. The Kier molecular flexibility index (Phi) is 7.52. The lowest BCUT2D eigenvalue weighted by Crippen LogP contribution is -2.37. The molecule has 0 saturated heterocycles. The Bertz CT molecular complexity index is 703. The van der Waals surface area contributed by atoms with Crippen LogP contribution in [-0.2, 0) is 6.54 Å². The average molecular weight is 380 g/mol. The molecule has 27 heavy (non-hydrogen) atoms.